The number of carboxylic acid groups (broad SMARTS) is 1. The van der Waals surface area contributed by atoms with Crippen molar-refractivity contribution in [3.63, 3.8) is 0 Å². The second-order valence-electron chi connectivity index (χ2n) is 4.85. The highest BCUT2D eigenvalue weighted by Crippen LogP contribution is 2.31. The first-order chi connectivity index (χ1) is 9.56. The molecular weight excluding hydrogens is 298 g/mol. The van der Waals surface area contributed by atoms with E-state index in [1.54, 1.807) is 18.2 Å². The zero-order valence-corrected chi connectivity index (χ0v) is 12.6. The summed E-state index contributed by atoms with van der Waals surface area (Å²) in [6, 6.07) is 4.70. The van der Waals surface area contributed by atoms with Crippen LogP contribution in [0.5, 0.6) is 5.75 Å². The predicted molar refractivity (Wildman–Crippen MR) is 81.6 cm³/mol. The Morgan fingerprint density at radius 2 is 2.40 bits per heavy atom. The Morgan fingerprint density at radius 1 is 1.60 bits per heavy atom. The molecule has 2 rings (SSSR count). The first-order valence-electron chi connectivity index (χ1n) is 6.57. The van der Waals surface area contributed by atoms with E-state index < -0.39 is 12.0 Å². The van der Waals surface area contributed by atoms with Crippen LogP contribution in [0.3, 0.4) is 0 Å². The van der Waals surface area contributed by atoms with Crippen molar-refractivity contribution >= 4 is 29.3 Å². The molecule has 1 heterocycles. The molecule has 3 N–H and O–H groups in total. The summed E-state index contributed by atoms with van der Waals surface area (Å²) < 4.78 is 5.89. The van der Waals surface area contributed by atoms with Gasteiger partial charge in [0.25, 0.3) is 0 Å². The Balaban J connectivity index is 2.03. The second-order valence-corrected chi connectivity index (χ2v) is 6.41. The minimum Gasteiger partial charge on any atom is -0.488 e. The third-order valence-corrected chi connectivity index (χ3v) is 4.67. The number of aliphatic carboxylic acids is 1. The Morgan fingerprint density at radius 3 is 3.00 bits per heavy atom. The maximum absolute atomic E-state index is 10.7. The summed E-state index contributed by atoms with van der Waals surface area (Å²) in [5, 5.41) is 9.23. The number of hydrogen-bond donors (Lipinski definition) is 2. The molecule has 2 unspecified atom stereocenters. The fourth-order valence-electron chi connectivity index (χ4n) is 2.13. The molecule has 0 radical (unpaired) electrons. The van der Waals surface area contributed by atoms with E-state index in [0.29, 0.717) is 16.3 Å². The van der Waals surface area contributed by atoms with Crippen LogP contribution in [0.1, 0.15) is 30.9 Å². The van der Waals surface area contributed by atoms with Crippen LogP contribution in [0.15, 0.2) is 18.2 Å². The van der Waals surface area contributed by atoms with Crippen LogP contribution < -0.4 is 10.5 Å². The maximum atomic E-state index is 10.7. The molecule has 20 heavy (non-hydrogen) atoms. The number of thioether (sulfide) groups is 1. The van der Waals surface area contributed by atoms with Gasteiger partial charge in [-0.2, -0.15) is 11.8 Å². The minimum atomic E-state index is -0.923. The first-order valence-corrected chi connectivity index (χ1v) is 8.10. The molecule has 6 heteroatoms. The Labute approximate surface area is 127 Å². The molecule has 4 nitrogen and oxygen atoms in total. The predicted octanol–water partition coefficient (Wildman–Crippen LogP) is 3.09. The monoisotopic (exact) mass is 315 g/mol. The quantitative estimate of drug-likeness (QED) is 0.873. The number of halogens is 1. The van der Waals surface area contributed by atoms with Crippen molar-refractivity contribution in [3.8, 4) is 5.75 Å². The Hall–Kier alpha value is -0.910. The molecule has 0 aliphatic carbocycles. The standard InChI is InChI=1S/C14H18ClNO3S/c15-11-6-9(12(16)7-14(17)18)3-4-13(11)19-10-2-1-5-20-8-10/h3-4,6,10,12H,1-2,5,7-8,16H2,(H,17,18). The van der Waals surface area contributed by atoms with Gasteiger partial charge in [0.05, 0.1) is 11.4 Å². The van der Waals surface area contributed by atoms with Gasteiger partial charge >= 0.3 is 5.97 Å². The number of rotatable bonds is 5. The number of ether oxygens (including phenoxy) is 1. The molecule has 1 fully saturated rings. The third-order valence-electron chi connectivity index (χ3n) is 3.19. The van der Waals surface area contributed by atoms with Gasteiger partial charge in [0.1, 0.15) is 11.9 Å². The van der Waals surface area contributed by atoms with Crippen LogP contribution in [-0.4, -0.2) is 28.7 Å². The molecule has 1 aromatic carbocycles. The first kappa shape index (κ1) is 15.5. The largest absolute Gasteiger partial charge is 0.488 e. The topological polar surface area (TPSA) is 72.6 Å². The average molecular weight is 316 g/mol. The van der Waals surface area contributed by atoms with Crippen molar-refractivity contribution in [2.75, 3.05) is 11.5 Å². The second kappa shape index (κ2) is 7.20. The van der Waals surface area contributed by atoms with E-state index in [-0.39, 0.29) is 12.5 Å². The SMILES string of the molecule is NC(CC(=O)O)c1ccc(OC2CCCSC2)c(Cl)c1. The third kappa shape index (κ3) is 4.30. The molecule has 0 saturated carbocycles. The summed E-state index contributed by atoms with van der Waals surface area (Å²) >= 11 is 8.08. The summed E-state index contributed by atoms with van der Waals surface area (Å²) in [5.41, 5.74) is 6.53. The number of nitrogens with two attached hydrogens (primary N) is 1. The van der Waals surface area contributed by atoms with E-state index in [0.717, 1.165) is 18.6 Å². The number of benzene rings is 1. The van der Waals surface area contributed by atoms with Crippen LogP contribution >= 0.6 is 23.4 Å². The van der Waals surface area contributed by atoms with E-state index in [1.165, 1.54) is 5.75 Å². The van der Waals surface area contributed by atoms with Gasteiger partial charge < -0.3 is 15.6 Å². The van der Waals surface area contributed by atoms with Gasteiger partial charge in [-0.1, -0.05) is 17.7 Å². The van der Waals surface area contributed by atoms with Crippen molar-refractivity contribution in [1.82, 2.24) is 0 Å². The smallest absolute Gasteiger partial charge is 0.305 e. The fourth-order valence-corrected chi connectivity index (χ4v) is 3.40. The molecule has 1 aliphatic heterocycles. The summed E-state index contributed by atoms with van der Waals surface area (Å²) in [6.45, 7) is 0. The molecule has 2 atom stereocenters. The van der Waals surface area contributed by atoms with Gasteiger partial charge in [0, 0.05) is 11.8 Å². The molecule has 0 bridgehead atoms. The van der Waals surface area contributed by atoms with Crippen LogP contribution in [0.25, 0.3) is 0 Å². The zero-order valence-electron chi connectivity index (χ0n) is 11.0. The van der Waals surface area contributed by atoms with E-state index in [1.807, 2.05) is 11.8 Å². The van der Waals surface area contributed by atoms with E-state index in [4.69, 9.17) is 27.2 Å². The van der Waals surface area contributed by atoms with Crippen LogP contribution in [-0.2, 0) is 4.79 Å². The van der Waals surface area contributed by atoms with E-state index in [9.17, 15) is 4.79 Å². The van der Waals surface area contributed by atoms with Crippen molar-refractivity contribution in [2.45, 2.75) is 31.4 Å². The normalized spacial score (nSPS) is 20.4. The lowest BCUT2D eigenvalue weighted by molar-refractivity contribution is -0.137. The molecule has 1 aromatic rings. The molecule has 0 aromatic heterocycles. The number of carboxylic acids is 1. The van der Waals surface area contributed by atoms with Crippen LogP contribution in [0, 0.1) is 0 Å². The van der Waals surface area contributed by atoms with Crippen LogP contribution in [0.4, 0.5) is 0 Å². The van der Waals surface area contributed by atoms with Gasteiger partial charge in [0.15, 0.2) is 0 Å². The van der Waals surface area contributed by atoms with Crippen LogP contribution in [0.2, 0.25) is 5.02 Å². The van der Waals surface area contributed by atoms with Crippen molar-refractivity contribution in [3.05, 3.63) is 28.8 Å². The molecular formula is C14H18ClNO3S. The summed E-state index contributed by atoms with van der Waals surface area (Å²) in [6.07, 6.45) is 2.29. The summed E-state index contributed by atoms with van der Waals surface area (Å²) in [5.74, 6) is 1.89. The maximum Gasteiger partial charge on any atom is 0.305 e. The molecule has 1 aliphatic rings. The zero-order chi connectivity index (χ0) is 14.5. The highest BCUT2D eigenvalue weighted by Gasteiger charge is 2.18. The van der Waals surface area contributed by atoms with E-state index in [2.05, 4.69) is 0 Å². The lowest BCUT2D eigenvalue weighted by Crippen LogP contribution is -2.23. The van der Waals surface area contributed by atoms with Gasteiger partial charge in [-0.05, 0) is 36.3 Å². The summed E-state index contributed by atoms with van der Waals surface area (Å²) in [7, 11) is 0. The van der Waals surface area contributed by atoms with E-state index >= 15 is 0 Å². The molecule has 0 amide bonds. The lowest BCUT2D eigenvalue weighted by atomic mass is 10.0. The highest BCUT2D eigenvalue weighted by atomic mass is 35.5. The van der Waals surface area contributed by atoms with Crippen molar-refractivity contribution in [1.29, 1.82) is 0 Å². The van der Waals surface area contributed by atoms with Crippen molar-refractivity contribution < 1.29 is 14.6 Å². The number of hydrogen-bond acceptors (Lipinski definition) is 4. The molecule has 1 saturated heterocycles. The Bertz CT molecular complexity index is 477. The lowest BCUT2D eigenvalue weighted by Gasteiger charge is -2.23. The molecule has 0 spiro atoms. The number of carbonyl (C=O) groups is 1. The van der Waals surface area contributed by atoms with Gasteiger partial charge in [-0.15, -0.1) is 0 Å². The minimum absolute atomic E-state index is 0.115. The van der Waals surface area contributed by atoms with Gasteiger partial charge in [0.2, 0.25) is 0 Å². The van der Waals surface area contributed by atoms with Gasteiger partial charge in [-0.3, -0.25) is 4.79 Å². The van der Waals surface area contributed by atoms with Crippen molar-refractivity contribution in [2.24, 2.45) is 5.73 Å². The summed E-state index contributed by atoms with van der Waals surface area (Å²) in [4.78, 5) is 10.7. The average Bonchev–Trinajstić information content (AvgIpc) is 2.41. The highest BCUT2D eigenvalue weighted by molar-refractivity contribution is 7.99. The van der Waals surface area contributed by atoms with Gasteiger partial charge in [-0.25, -0.2) is 0 Å². The molecule has 110 valence electrons. The fraction of sp³-hybridized carbons (Fsp3) is 0.500. The Kier molecular flexibility index (Phi) is 5.57.